The highest BCUT2D eigenvalue weighted by Crippen LogP contribution is 2.31. The third kappa shape index (κ3) is 2.29. The summed E-state index contributed by atoms with van der Waals surface area (Å²) >= 11 is 3.26. The summed E-state index contributed by atoms with van der Waals surface area (Å²) in [5.74, 6) is 0.320. The van der Waals surface area contributed by atoms with Crippen molar-refractivity contribution in [2.75, 3.05) is 7.11 Å². The van der Waals surface area contributed by atoms with Gasteiger partial charge in [0.1, 0.15) is 11.6 Å². The molecule has 1 aromatic heterocycles. The van der Waals surface area contributed by atoms with Gasteiger partial charge in [-0.25, -0.2) is 4.39 Å². The summed E-state index contributed by atoms with van der Waals surface area (Å²) in [5.41, 5.74) is 5.56. The lowest BCUT2D eigenvalue weighted by Crippen LogP contribution is -1.96. The second-order valence-electron chi connectivity index (χ2n) is 3.18. The number of hydrogen-bond donors (Lipinski definition) is 1. The van der Waals surface area contributed by atoms with Crippen molar-refractivity contribution < 1.29 is 13.7 Å². The zero-order valence-electron chi connectivity index (χ0n) is 8.91. The Morgan fingerprint density at radius 3 is 2.88 bits per heavy atom. The molecule has 17 heavy (non-hydrogen) atoms. The monoisotopic (exact) mass is 301 g/mol. The third-order valence-electron chi connectivity index (χ3n) is 2.13. The first-order valence-corrected chi connectivity index (χ1v) is 5.51. The van der Waals surface area contributed by atoms with E-state index in [-0.39, 0.29) is 23.8 Å². The molecule has 90 valence electrons. The Kier molecular flexibility index (Phi) is 3.39. The fourth-order valence-electron chi connectivity index (χ4n) is 1.30. The average molecular weight is 302 g/mol. The summed E-state index contributed by atoms with van der Waals surface area (Å²) in [4.78, 5) is 3.95. The van der Waals surface area contributed by atoms with Crippen LogP contribution >= 0.6 is 15.9 Å². The molecule has 2 aromatic rings. The second kappa shape index (κ2) is 4.80. The second-order valence-corrected chi connectivity index (χ2v) is 4.04. The van der Waals surface area contributed by atoms with Crippen LogP contribution in [-0.4, -0.2) is 17.3 Å². The van der Waals surface area contributed by atoms with Gasteiger partial charge in [-0.3, -0.25) is 0 Å². The SMILES string of the molecule is COc1cc(F)c(-c2noc(CN)n2)cc1Br. The third-order valence-corrected chi connectivity index (χ3v) is 2.74. The van der Waals surface area contributed by atoms with E-state index < -0.39 is 5.82 Å². The molecule has 0 fully saturated rings. The minimum atomic E-state index is -0.491. The van der Waals surface area contributed by atoms with Crippen molar-refractivity contribution in [2.45, 2.75) is 6.54 Å². The predicted molar refractivity (Wildman–Crippen MR) is 61.8 cm³/mol. The summed E-state index contributed by atoms with van der Waals surface area (Å²) in [6.07, 6.45) is 0. The highest BCUT2D eigenvalue weighted by molar-refractivity contribution is 9.10. The van der Waals surface area contributed by atoms with Crippen LogP contribution in [0.2, 0.25) is 0 Å². The highest BCUT2D eigenvalue weighted by Gasteiger charge is 2.15. The minimum absolute atomic E-state index is 0.117. The van der Waals surface area contributed by atoms with Gasteiger partial charge >= 0.3 is 0 Å². The first-order valence-electron chi connectivity index (χ1n) is 4.71. The molecule has 0 unspecified atom stereocenters. The van der Waals surface area contributed by atoms with Crippen molar-refractivity contribution in [3.8, 4) is 17.1 Å². The molecule has 0 bridgehead atoms. The van der Waals surface area contributed by atoms with Crippen LogP contribution in [0.15, 0.2) is 21.1 Å². The van der Waals surface area contributed by atoms with Crippen LogP contribution in [0.3, 0.4) is 0 Å². The molecule has 0 aliphatic heterocycles. The maximum absolute atomic E-state index is 13.8. The van der Waals surface area contributed by atoms with Crippen molar-refractivity contribution in [1.29, 1.82) is 0 Å². The van der Waals surface area contributed by atoms with Crippen LogP contribution in [0.4, 0.5) is 4.39 Å². The zero-order valence-corrected chi connectivity index (χ0v) is 10.5. The summed E-state index contributed by atoms with van der Waals surface area (Å²) < 4.78 is 24.2. The Morgan fingerprint density at radius 2 is 2.29 bits per heavy atom. The number of benzene rings is 1. The van der Waals surface area contributed by atoms with Gasteiger partial charge in [0.2, 0.25) is 11.7 Å². The molecule has 0 saturated carbocycles. The summed E-state index contributed by atoms with van der Waals surface area (Å²) in [7, 11) is 1.46. The predicted octanol–water partition coefficient (Wildman–Crippen LogP) is 2.11. The van der Waals surface area contributed by atoms with Crippen molar-refractivity contribution in [3.05, 3.63) is 28.3 Å². The minimum Gasteiger partial charge on any atom is -0.495 e. The zero-order chi connectivity index (χ0) is 12.4. The van der Waals surface area contributed by atoms with Gasteiger partial charge in [-0.05, 0) is 22.0 Å². The van der Waals surface area contributed by atoms with E-state index in [1.165, 1.54) is 19.2 Å². The number of rotatable bonds is 3. The summed E-state index contributed by atoms with van der Waals surface area (Å²) in [5, 5.41) is 3.65. The van der Waals surface area contributed by atoms with E-state index in [1.807, 2.05) is 0 Å². The van der Waals surface area contributed by atoms with Crippen LogP contribution in [0, 0.1) is 5.82 Å². The average Bonchev–Trinajstić information content (AvgIpc) is 2.80. The maximum atomic E-state index is 13.8. The number of methoxy groups -OCH3 is 1. The summed E-state index contributed by atoms with van der Waals surface area (Å²) in [6, 6.07) is 2.78. The van der Waals surface area contributed by atoms with Gasteiger partial charge in [-0.2, -0.15) is 4.98 Å². The van der Waals surface area contributed by atoms with E-state index in [1.54, 1.807) is 0 Å². The quantitative estimate of drug-likeness (QED) is 0.940. The molecule has 0 aliphatic rings. The molecule has 5 nitrogen and oxygen atoms in total. The molecule has 0 saturated heterocycles. The van der Waals surface area contributed by atoms with Gasteiger partial charge in [0.15, 0.2) is 0 Å². The number of hydrogen-bond acceptors (Lipinski definition) is 5. The molecule has 0 aliphatic carbocycles. The number of ether oxygens (including phenoxy) is 1. The van der Waals surface area contributed by atoms with E-state index >= 15 is 0 Å². The first kappa shape index (κ1) is 12.0. The molecule has 2 rings (SSSR count). The van der Waals surface area contributed by atoms with Crippen molar-refractivity contribution >= 4 is 15.9 Å². The van der Waals surface area contributed by atoms with Crippen molar-refractivity contribution in [2.24, 2.45) is 5.73 Å². The van der Waals surface area contributed by atoms with Crippen LogP contribution in [-0.2, 0) is 6.54 Å². The molecular weight excluding hydrogens is 293 g/mol. The van der Waals surface area contributed by atoms with E-state index in [2.05, 4.69) is 26.1 Å². The molecule has 7 heteroatoms. The van der Waals surface area contributed by atoms with E-state index in [9.17, 15) is 4.39 Å². The Hall–Kier alpha value is -1.47. The fourth-order valence-corrected chi connectivity index (χ4v) is 1.81. The van der Waals surface area contributed by atoms with Crippen LogP contribution in [0.5, 0.6) is 5.75 Å². The summed E-state index contributed by atoms with van der Waals surface area (Å²) in [6.45, 7) is 0.117. The normalized spacial score (nSPS) is 10.6. The molecule has 0 spiro atoms. The van der Waals surface area contributed by atoms with Gasteiger partial charge in [0.25, 0.3) is 0 Å². The Bertz CT molecular complexity index is 544. The van der Waals surface area contributed by atoms with E-state index in [0.717, 1.165) is 0 Å². The number of aromatic nitrogens is 2. The Morgan fingerprint density at radius 1 is 1.53 bits per heavy atom. The molecule has 2 N–H and O–H groups in total. The first-order chi connectivity index (χ1) is 8.15. The van der Waals surface area contributed by atoms with E-state index in [4.69, 9.17) is 15.0 Å². The fraction of sp³-hybridized carbons (Fsp3) is 0.200. The van der Waals surface area contributed by atoms with Crippen LogP contribution < -0.4 is 10.5 Å². The lowest BCUT2D eigenvalue weighted by molar-refractivity contribution is 0.380. The Balaban J connectivity index is 2.48. The van der Waals surface area contributed by atoms with Crippen LogP contribution in [0.1, 0.15) is 5.89 Å². The highest BCUT2D eigenvalue weighted by atomic mass is 79.9. The lowest BCUT2D eigenvalue weighted by Gasteiger charge is -2.05. The van der Waals surface area contributed by atoms with Gasteiger partial charge in [0.05, 0.1) is 23.7 Å². The standard InChI is InChI=1S/C10H9BrFN3O2/c1-16-8-3-7(12)5(2-6(8)11)10-14-9(4-13)17-15-10/h2-3H,4,13H2,1H3. The Labute approximate surface area is 105 Å². The van der Waals surface area contributed by atoms with Gasteiger partial charge in [0, 0.05) is 6.07 Å². The largest absolute Gasteiger partial charge is 0.495 e. The molecule has 0 radical (unpaired) electrons. The van der Waals surface area contributed by atoms with Crippen LogP contribution in [0.25, 0.3) is 11.4 Å². The van der Waals surface area contributed by atoms with E-state index in [0.29, 0.717) is 10.2 Å². The molecule has 1 aromatic carbocycles. The van der Waals surface area contributed by atoms with Gasteiger partial charge in [-0.1, -0.05) is 5.16 Å². The molecule has 0 atom stereocenters. The molecule has 1 heterocycles. The molecule has 0 amide bonds. The smallest absolute Gasteiger partial charge is 0.240 e. The number of nitrogens with zero attached hydrogens (tertiary/aromatic N) is 2. The number of nitrogens with two attached hydrogens (primary N) is 1. The topological polar surface area (TPSA) is 74.2 Å². The lowest BCUT2D eigenvalue weighted by atomic mass is 10.2. The van der Waals surface area contributed by atoms with Crippen molar-refractivity contribution in [1.82, 2.24) is 10.1 Å². The van der Waals surface area contributed by atoms with Crippen molar-refractivity contribution in [3.63, 3.8) is 0 Å². The molecular formula is C10H9BrFN3O2. The number of halogens is 2. The maximum Gasteiger partial charge on any atom is 0.240 e. The van der Waals surface area contributed by atoms with Gasteiger partial charge < -0.3 is 15.0 Å². The van der Waals surface area contributed by atoms with Gasteiger partial charge in [-0.15, -0.1) is 0 Å².